The molecule has 1 unspecified atom stereocenters. The monoisotopic (exact) mass is 363 g/mol. The highest BCUT2D eigenvalue weighted by Gasteiger charge is 2.29. The predicted molar refractivity (Wildman–Crippen MR) is 91.9 cm³/mol. The molecule has 0 N–H and O–H groups in total. The molecule has 1 atom stereocenters. The van der Waals surface area contributed by atoms with Crippen LogP contribution in [0.3, 0.4) is 0 Å². The molecule has 2 aromatic heterocycles. The van der Waals surface area contributed by atoms with E-state index in [9.17, 15) is 9.59 Å². The summed E-state index contributed by atoms with van der Waals surface area (Å²) in [7, 11) is 0. The number of hydrogen-bond donors (Lipinski definition) is 0. The van der Waals surface area contributed by atoms with Gasteiger partial charge in [-0.1, -0.05) is 11.2 Å². The fourth-order valence-corrected chi connectivity index (χ4v) is 3.54. The van der Waals surface area contributed by atoms with E-state index >= 15 is 0 Å². The van der Waals surface area contributed by atoms with Crippen LogP contribution in [0.5, 0.6) is 0 Å². The number of aromatic nitrogens is 2. The Morgan fingerprint density at radius 1 is 1.48 bits per heavy atom. The average molecular weight is 363 g/mol. The van der Waals surface area contributed by atoms with E-state index in [1.807, 2.05) is 17.5 Å². The highest BCUT2D eigenvalue weighted by atomic mass is 32.1. The highest BCUT2D eigenvalue weighted by Crippen LogP contribution is 2.22. The number of amides is 1. The van der Waals surface area contributed by atoms with Gasteiger partial charge in [-0.3, -0.25) is 9.59 Å². The Bertz CT molecular complexity index is 713. The van der Waals surface area contributed by atoms with Crippen LogP contribution in [0.15, 0.2) is 22.0 Å². The van der Waals surface area contributed by atoms with Crippen LogP contribution in [0, 0.1) is 5.92 Å². The zero-order valence-corrected chi connectivity index (χ0v) is 15.0. The second-order valence-electron chi connectivity index (χ2n) is 5.92. The van der Waals surface area contributed by atoms with E-state index in [2.05, 4.69) is 10.1 Å². The van der Waals surface area contributed by atoms with Crippen LogP contribution < -0.4 is 0 Å². The van der Waals surface area contributed by atoms with Crippen molar-refractivity contribution in [1.82, 2.24) is 15.0 Å². The van der Waals surface area contributed by atoms with Crippen molar-refractivity contribution in [3.05, 3.63) is 23.4 Å². The fourth-order valence-electron chi connectivity index (χ4n) is 2.89. The number of carbonyl (C=O) groups excluding carboxylic acids is 2. The van der Waals surface area contributed by atoms with Crippen molar-refractivity contribution >= 4 is 23.2 Å². The molecule has 1 aliphatic heterocycles. The van der Waals surface area contributed by atoms with E-state index in [0.717, 1.165) is 17.7 Å². The molecule has 0 bridgehead atoms. The predicted octanol–water partition coefficient (Wildman–Crippen LogP) is 2.53. The number of piperidine rings is 1. The molecule has 0 radical (unpaired) electrons. The summed E-state index contributed by atoms with van der Waals surface area (Å²) in [4.78, 5) is 31.3. The number of aryl methyl sites for hydroxylation is 1. The summed E-state index contributed by atoms with van der Waals surface area (Å²) in [6.45, 7) is 3.27. The Hall–Kier alpha value is -2.22. The number of ether oxygens (including phenoxy) is 1. The van der Waals surface area contributed by atoms with Crippen molar-refractivity contribution in [1.29, 1.82) is 0 Å². The van der Waals surface area contributed by atoms with E-state index in [1.165, 1.54) is 11.3 Å². The van der Waals surface area contributed by atoms with Gasteiger partial charge in [0.15, 0.2) is 0 Å². The minimum Gasteiger partial charge on any atom is -0.466 e. The molecule has 1 aliphatic rings. The molecule has 3 rings (SSSR count). The minimum absolute atomic E-state index is 0.00451. The van der Waals surface area contributed by atoms with Gasteiger partial charge < -0.3 is 14.2 Å². The van der Waals surface area contributed by atoms with E-state index in [0.29, 0.717) is 44.3 Å². The summed E-state index contributed by atoms with van der Waals surface area (Å²) in [5.41, 5.74) is 0. The van der Waals surface area contributed by atoms with Gasteiger partial charge in [-0.2, -0.15) is 4.98 Å². The summed E-state index contributed by atoms with van der Waals surface area (Å²) in [6, 6.07) is 3.85. The van der Waals surface area contributed by atoms with Crippen molar-refractivity contribution in [3.63, 3.8) is 0 Å². The summed E-state index contributed by atoms with van der Waals surface area (Å²) in [5.74, 6) is 0.586. The molecular weight excluding hydrogens is 342 g/mol. The lowest BCUT2D eigenvalue weighted by atomic mass is 9.98. The number of hydrogen-bond acceptors (Lipinski definition) is 7. The fraction of sp³-hybridized carbons (Fsp3) is 0.529. The molecule has 1 fully saturated rings. The summed E-state index contributed by atoms with van der Waals surface area (Å²) in [6.07, 6.45) is 2.29. The molecule has 1 amide bonds. The lowest BCUT2D eigenvalue weighted by molar-refractivity contribution is -0.151. The second kappa shape index (κ2) is 8.24. The summed E-state index contributed by atoms with van der Waals surface area (Å²) >= 11 is 1.54. The van der Waals surface area contributed by atoms with Gasteiger partial charge in [-0.15, -0.1) is 11.3 Å². The van der Waals surface area contributed by atoms with E-state index < -0.39 is 0 Å². The van der Waals surface area contributed by atoms with Crippen molar-refractivity contribution in [2.45, 2.75) is 32.6 Å². The van der Waals surface area contributed by atoms with E-state index in [-0.39, 0.29) is 17.8 Å². The summed E-state index contributed by atoms with van der Waals surface area (Å²) < 4.78 is 10.3. The van der Waals surface area contributed by atoms with Crippen LogP contribution in [0.1, 0.15) is 32.1 Å². The number of esters is 1. The van der Waals surface area contributed by atoms with Crippen molar-refractivity contribution < 1.29 is 18.8 Å². The van der Waals surface area contributed by atoms with Crippen LogP contribution >= 0.6 is 11.3 Å². The maximum absolute atomic E-state index is 12.4. The third kappa shape index (κ3) is 4.45. The Balaban J connectivity index is 1.51. The number of carbonyl (C=O) groups is 2. The number of rotatable bonds is 6. The molecule has 8 heteroatoms. The molecule has 134 valence electrons. The first-order valence-corrected chi connectivity index (χ1v) is 9.36. The normalized spacial score (nSPS) is 17.5. The van der Waals surface area contributed by atoms with Crippen molar-refractivity contribution in [2.24, 2.45) is 5.92 Å². The molecule has 3 heterocycles. The molecular formula is C17H21N3O4S. The molecule has 0 aromatic carbocycles. The van der Waals surface area contributed by atoms with Crippen LogP contribution in [0.4, 0.5) is 0 Å². The van der Waals surface area contributed by atoms with Gasteiger partial charge in [-0.25, -0.2) is 0 Å². The topological polar surface area (TPSA) is 85.5 Å². The van der Waals surface area contributed by atoms with Crippen LogP contribution in [0.2, 0.25) is 0 Å². The lowest BCUT2D eigenvalue weighted by Gasteiger charge is -2.31. The first kappa shape index (κ1) is 17.6. The van der Waals surface area contributed by atoms with Gasteiger partial charge in [0.2, 0.25) is 17.6 Å². The Morgan fingerprint density at radius 3 is 3.12 bits per heavy atom. The molecule has 0 saturated carbocycles. The van der Waals surface area contributed by atoms with Crippen LogP contribution in [-0.2, 0) is 20.7 Å². The standard InChI is InChI=1S/C17H21N3O4S/c1-2-23-17(22)12-5-3-9-20(11-12)15(21)8-7-14-18-16(19-24-14)13-6-4-10-25-13/h4,6,10,12H,2-3,5,7-9,11H2,1H3. The highest BCUT2D eigenvalue weighted by molar-refractivity contribution is 7.13. The van der Waals surface area contributed by atoms with Crippen molar-refractivity contribution in [3.8, 4) is 10.7 Å². The molecule has 7 nitrogen and oxygen atoms in total. The quantitative estimate of drug-likeness (QED) is 0.733. The Morgan fingerprint density at radius 2 is 2.36 bits per heavy atom. The maximum atomic E-state index is 12.4. The zero-order valence-electron chi connectivity index (χ0n) is 14.1. The SMILES string of the molecule is CCOC(=O)C1CCCN(C(=O)CCc2nc(-c3cccs3)no2)C1. The number of nitrogens with zero attached hydrogens (tertiary/aromatic N) is 3. The zero-order chi connectivity index (χ0) is 17.6. The molecule has 0 spiro atoms. The first-order chi connectivity index (χ1) is 12.2. The number of likely N-dealkylation sites (tertiary alicyclic amines) is 1. The molecule has 25 heavy (non-hydrogen) atoms. The molecule has 2 aromatic rings. The van der Waals surface area contributed by atoms with Gasteiger partial charge >= 0.3 is 5.97 Å². The summed E-state index contributed by atoms with van der Waals surface area (Å²) in [5, 5.41) is 5.89. The Kier molecular flexibility index (Phi) is 5.80. The smallest absolute Gasteiger partial charge is 0.310 e. The number of thiophene rings is 1. The maximum Gasteiger partial charge on any atom is 0.310 e. The van der Waals surface area contributed by atoms with Crippen LogP contribution in [0.25, 0.3) is 10.7 Å². The molecule has 1 saturated heterocycles. The van der Waals surface area contributed by atoms with Gasteiger partial charge in [0.1, 0.15) is 0 Å². The second-order valence-corrected chi connectivity index (χ2v) is 6.87. The lowest BCUT2D eigenvalue weighted by Crippen LogP contribution is -2.42. The van der Waals surface area contributed by atoms with Gasteiger partial charge in [0.25, 0.3) is 0 Å². The largest absolute Gasteiger partial charge is 0.466 e. The van der Waals surface area contributed by atoms with Crippen molar-refractivity contribution in [2.75, 3.05) is 19.7 Å². The van der Waals surface area contributed by atoms with Gasteiger partial charge in [-0.05, 0) is 31.2 Å². The van der Waals surface area contributed by atoms with Gasteiger partial charge in [0.05, 0.1) is 17.4 Å². The third-order valence-electron chi connectivity index (χ3n) is 4.16. The van der Waals surface area contributed by atoms with E-state index in [1.54, 1.807) is 11.8 Å². The Labute approximate surface area is 150 Å². The van der Waals surface area contributed by atoms with Crippen LogP contribution in [-0.4, -0.2) is 46.6 Å². The van der Waals surface area contributed by atoms with E-state index in [4.69, 9.17) is 9.26 Å². The first-order valence-electron chi connectivity index (χ1n) is 8.48. The average Bonchev–Trinajstić information content (AvgIpc) is 3.31. The minimum atomic E-state index is -0.216. The third-order valence-corrected chi connectivity index (χ3v) is 5.02. The van der Waals surface area contributed by atoms with Gasteiger partial charge in [0, 0.05) is 25.9 Å². The molecule has 0 aliphatic carbocycles.